The Hall–Kier alpha value is -3.56. The SMILES string of the molecule is COc1cc(NS(C)(=O)=O)ccc1Nc1c2ccccc2nc2c(OCCO)cccc12. The van der Waals surface area contributed by atoms with Gasteiger partial charge >= 0.3 is 0 Å². The van der Waals surface area contributed by atoms with Crippen LogP contribution in [0.2, 0.25) is 0 Å². The van der Waals surface area contributed by atoms with Crippen molar-refractivity contribution < 1.29 is 23.0 Å². The normalized spacial score (nSPS) is 11.5. The Labute approximate surface area is 185 Å². The molecule has 0 aliphatic rings. The lowest BCUT2D eigenvalue weighted by Crippen LogP contribution is -2.09. The lowest BCUT2D eigenvalue weighted by Gasteiger charge is -2.17. The Bertz CT molecular complexity index is 1390. The van der Waals surface area contributed by atoms with E-state index in [0.29, 0.717) is 28.4 Å². The summed E-state index contributed by atoms with van der Waals surface area (Å²) in [6.45, 7) is 0.0686. The minimum Gasteiger partial charge on any atom is -0.494 e. The number of sulfonamides is 1. The number of fused-ring (bicyclic) bond motifs is 2. The highest BCUT2D eigenvalue weighted by atomic mass is 32.2. The van der Waals surface area contributed by atoms with E-state index < -0.39 is 10.0 Å². The van der Waals surface area contributed by atoms with Gasteiger partial charge in [-0.25, -0.2) is 13.4 Å². The average molecular weight is 454 g/mol. The van der Waals surface area contributed by atoms with Crippen LogP contribution in [0.1, 0.15) is 0 Å². The summed E-state index contributed by atoms with van der Waals surface area (Å²) in [5, 5.41) is 14.3. The molecule has 166 valence electrons. The molecule has 0 atom stereocenters. The van der Waals surface area contributed by atoms with Crippen LogP contribution in [0, 0.1) is 0 Å². The number of para-hydroxylation sites is 2. The van der Waals surface area contributed by atoms with E-state index in [2.05, 4.69) is 10.0 Å². The van der Waals surface area contributed by atoms with Gasteiger partial charge in [-0.2, -0.15) is 0 Å². The average Bonchev–Trinajstić information content (AvgIpc) is 2.77. The third kappa shape index (κ3) is 4.53. The maximum absolute atomic E-state index is 11.6. The predicted molar refractivity (Wildman–Crippen MR) is 127 cm³/mol. The second-order valence-corrected chi connectivity index (χ2v) is 8.89. The molecule has 3 aromatic carbocycles. The molecule has 4 aromatic rings. The highest BCUT2D eigenvalue weighted by molar-refractivity contribution is 7.92. The monoisotopic (exact) mass is 453 g/mol. The van der Waals surface area contributed by atoms with Gasteiger partial charge in [0.15, 0.2) is 0 Å². The van der Waals surface area contributed by atoms with Crippen LogP contribution in [0.3, 0.4) is 0 Å². The van der Waals surface area contributed by atoms with Crippen molar-refractivity contribution in [1.82, 2.24) is 4.98 Å². The number of methoxy groups -OCH3 is 1. The van der Waals surface area contributed by atoms with Gasteiger partial charge in [0.25, 0.3) is 0 Å². The second-order valence-electron chi connectivity index (χ2n) is 7.14. The van der Waals surface area contributed by atoms with Crippen molar-refractivity contribution in [3.63, 3.8) is 0 Å². The van der Waals surface area contributed by atoms with Gasteiger partial charge in [0, 0.05) is 16.8 Å². The van der Waals surface area contributed by atoms with Gasteiger partial charge in [-0.05, 0) is 24.3 Å². The number of nitrogens with one attached hydrogen (secondary N) is 2. The Morgan fingerprint density at radius 1 is 1.00 bits per heavy atom. The molecule has 9 heteroatoms. The van der Waals surface area contributed by atoms with Crippen molar-refractivity contribution in [3.8, 4) is 11.5 Å². The summed E-state index contributed by atoms with van der Waals surface area (Å²) in [7, 11) is -1.89. The van der Waals surface area contributed by atoms with Crippen LogP contribution < -0.4 is 19.5 Å². The number of nitrogens with zero attached hydrogens (tertiary/aromatic N) is 1. The van der Waals surface area contributed by atoms with Crippen LogP contribution in [0.15, 0.2) is 60.7 Å². The zero-order valence-electron chi connectivity index (χ0n) is 17.6. The Balaban J connectivity index is 1.86. The first kappa shape index (κ1) is 21.7. The third-order valence-electron chi connectivity index (χ3n) is 4.79. The first-order valence-corrected chi connectivity index (χ1v) is 11.8. The Morgan fingerprint density at radius 2 is 1.78 bits per heavy atom. The van der Waals surface area contributed by atoms with Gasteiger partial charge < -0.3 is 19.9 Å². The summed E-state index contributed by atoms with van der Waals surface area (Å²) in [4.78, 5) is 4.78. The summed E-state index contributed by atoms with van der Waals surface area (Å²) in [5.74, 6) is 1.05. The van der Waals surface area contributed by atoms with Crippen molar-refractivity contribution in [1.29, 1.82) is 0 Å². The Morgan fingerprint density at radius 3 is 2.53 bits per heavy atom. The molecule has 1 heterocycles. The first-order valence-electron chi connectivity index (χ1n) is 9.87. The minimum atomic E-state index is -3.41. The van der Waals surface area contributed by atoms with E-state index >= 15 is 0 Å². The highest BCUT2D eigenvalue weighted by Crippen LogP contribution is 2.39. The van der Waals surface area contributed by atoms with Crippen molar-refractivity contribution in [2.24, 2.45) is 0 Å². The third-order valence-corrected chi connectivity index (χ3v) is 5.39. The minimum absolute atomic E-state index is 0.0971. The van der Waals surface area contributed by atoms with Crippen LogP contribution in [0.4, 0.5) is 17.1 Å². The van der Waals surface area contributed by atoms with Gasteiger partial charge in [-0.1, -0.05) is 30.3 Å². The summed E-state index contributed by atoms with van der Waals surface area (Å²) in [6.07, 6.45) is 1.09. The quantitative estimate of drug-likeness (QED) is 0.347. The first-order chi connectivity index (χ1) is 15.4. The number of rotatable bonds is 8. The molecule has 0 aliphatic heterocycles. The molecule has 0 spiro atoms. The smallest absolute Gasteiger partial charge is 0.229 e. The lowest BCUT2D eigenvalue weighted by molar-refractivity contribution is 0.202. The number of pyridine rings is 1. The fourth-order valence-corrected chi connectivity index (χ4v) is 4.06. The molecule has 3 N–H and O–H groups in total. The molecule has 0 saturated carbocycles. The molecular formula is C23H23N3O5S. The van der Waals surface area contributed by atoms with E-state index in [4.69, 9.17) is 19.6 Å². The molecule has 32 heavy (non-hydrogen) atoms. The van der Waals surface area contributed by atoms with Crippen LogP contribution in [-0.4, -0.2) is 45.1 Å². The molecule has 0 fully saturated rings. The number of hydrogen-bond donors (Lipinski definition) is 3. The Kier molecular flexibility index (Phi) is 6.02. The highest BCUT2D eigenvalue weighted by Gasteiger charge is 2.15. The maximum Gasteiger partial charge on any atom is 0.229 e. The topological polar surface area (TPSA) is 110 Å². The summed E-state index contributed by atoms with van der Waals surface area (Å²) >= 11 is 0. The number of ether oxygens (including phenoxy) is 2. The van der Waals surface area contributed by atoms with Crippen LogP contribution in [0.5, 0.6) is 11.5 Å². The van der Waals surface area contributed by atoms with Crippen LogP contribution in [-0.2, 0) is 10.0 Å². The number of anilines is 3. The maximum atomic E-state index is 11.6. The second kappa shape index (κ2) is 8.89. The summed E-state index contributed by atoms with van der Waals surface area (Å²) in [6, 6.07) is 18.4. The van der Waals surface area contributed by atoms with E-state index in [1.165, 1.54) is 7.11 Å². The molecule has 1 aromatic heterocycles. The van der Waals surface area contributed by atoms with Gasteiger partial charge in [0.2, 0.25) is 10.0 Å². The molecule has 0 unspecified atom stereocenters. The molecule has 0 aliphatic carbocycles. The summed E-state index contributed by atoms with van der Waals surface area (Å²) < 4.78 is 36.8. The van der Waals surface area contributed by atoms with E-state index in [0.717, 1.165) is 28.2 Å². The molecule has 0 bridgehead atoms. The van der Waals surface area contributed by atoms with E-state index in [9.17, 15) is 8.42 Å². The van der Waals surface area contributed by atoms with Crippen LogP contribution >= 0.6 is 0 Å². The van der Waals surface area contributed by atoms with Crippen LogP contribution in [0.25, 0.3) is 21.8 Å². The number of aliphatic hydroxyl groups is 1. The van der Waals surface area contributed by atoms with Gasteiger partial charge in [0.1, 0.15) is 23.6 Å². The molecule has 0 amide bonds. The summed E-state index contributed by atoms with van der Waals surface area (Å²) in [5.41, 5.74) is 3.31. The number of aliphatic hydroxyl groups excluding tert-OH is 1. The van der Waals surface area contributed by atoms with E-state index in [1.54, 1.807) is 18.2 Å². The van der Waals surface area contributed by atoms with Gasteiger partial charge in [0.05, 0.1) is 42.6 Å². The van der Waals surface area contributed by atoms with Gasteiger partial charge in [-0.15, -0.1) is 0 Å². The number of benzene rings is 3. The van der Waals surface area contributed by atoms with Gasteiger partial charge in [-0.3, -0.25) is 4.72 Å². The van der Waals surface area contributed by atoms with Crippen molar-refractivity contribution in [2.45, 2.75) is 0 Å². The molecule has 0 radical (unpaired) electrons. The van der Waals surface area contributed by atoms with Crippen molar-refractivity contribution >= 4 is 48.9 Å². The number of hydrogen-bond acceptors (Lipinski definition) is 7. The fourth-order valence-electron chi connectivity index (χ4n) is 3.50. The van der Waals surface area contributed by atoms with Crippen molar-refractivity contribution in [2.75, 3.05) is 36.6 Å². The fraction of sp³-hybridized carbons (Fsp3) is 0.174. The van der Waals surface area contributed by atoms with Crippen molar-refractivity contribution in [3.05, 3.63) is 60.7 Å². The zero-order valence-corrected chi connectivity index (χ0v) is 18.4. The predicted octanol–water partition coefficient (Wildman–Crippen LogP) is 3.88. The zero-order chi connectivity index (χ0) is 22.7. The van der Waals surface area contributed by atoms with E-state index in [-0.39, 0.29) is 13.2 Å². The molecule has 4 rings (SSSR count). The lowest BCUT2D eigenvalue weighted by atomic mass is 10.1. The molecule has 0 saturated heterocycles. The molecular weight excluding hydrogens is 430 g/mol. The number of aromatic nitrogens is 1. The van der Waals surface area contributed by atoms with E-state index in [1.807, 2.05) is 42.5 Å². The molecule has 8 nitrogen and oxygen atoms in total. The standard InChI is InChI=1S/C23H23N3O5S/c1-30-21-14-15(26-32(2,28)29)10-11-19(21)25-22-16-6-3-4-8-18(16)24-23-17(22)7-5-9-20(23)31-13-12-27/h3-11,14,26-27H,12-13H2,1-2H3,(H,24,25). The largest absolute Gasteiger partial charge is 0.494 e.